The summed E-state index contributed by atoms with van der Waals surface area (Å²) < 4.78 is 5.34. The summed E-state index contributed by atoms with van der Waals surface area (Å²) in [6.07, 6.45) is 3.10. The van der Waals surface area contributed by atoms with E-state index < -0.39 is 0 Å². The van der Waals surface area contributed by atoms with Crippen LogP contribution in [0.3, 0.4) is 0 Å². The molecule has 0 unspecified atom stereocenters. The van der Waals surface area contributed by atoms with Crippen molar-refractivity contribution < 1.29 is 4.74 Å². The summed E-state index contributed by atoms with van der Waals surface area (Å²) in [7, 11) is 2.14. The Morgan fingerprint density at radius 3 is 2.56 bits per heavy atom. The van der Waals surface area contributed by atoms with Crippen LogP contribution in [0.1, 0.15) is 31.7 Å². The molecule has 3 nitrogen and oxygen atoms in total. The van der Waals surface area contributed by atoms with Gasteiger partial charge in [0.25, 0.3) is 0 Å². The summed E-state index contributed by atoms with van der Waals surface area (Å²) in [6, 6.07) is 6.35. The predicted octanol–water partition coefficient (Wildman–Crippen LogP) is 2.54. The molecule has 0 fully saturated rings. The molecule has 0 aliphatic rings. The minimum atomic E-state index is 0.802. The molecule has 0 aliphatic heterocycles. The zero-order valence-electron chi connectivity index (χ0n) is 12.0. The maximum absolute atomic E-state index is 5.34. The number of hydrogen-bond donors (Lipinski definition) is 0. The van der Waals surface area contributed by atoms with Gasteiger partial charge in [0.2, 0.25) is 0 Å². The van der Waals surface area contributed by atoms with Crippen molar-refractivity contribution in [3.63, 3.8) is 0 Å². The van der Waals surface area contributed by atoms with Crippen molar-refractivity contribution in [3.05, 3.63) is 29.6 Å². The molecule has 1 heterocycles. The molecule has 0 amide bonds. The van der Waals surface area contributed by atoms with Gasteiger partial charge in [-0.15, -0.1) is 0 Å². The summed E-state index contributed by atoms with van der Waals surface area (Å²) in [6.45, 7) is 8.01. The summed E-state index contributed by atoms with van der Waals surface area (Å²) in [4.78, 5) is 7.00. The molecular weight excluding hydrogens is 224 g/mol. The van der Waals surface area contributed by atoms with Gasteiger partial charge in [0.15, 0.2) is 0 Å². The third-order valence-corrected chi connectivity index (χ3v) is 3.08. The second-order valence-corrected chi connectivity index (χ2v) is 4.57. The zero-order valence-corrected chi connectivity index (χ0v) is 12.0. The largest absolute Gasteiger partial charge is 0.382 e. The highest BCUT2D eigenvalue weighted by Crippen LogP contribution is 2.04. The first kappa shape index (κ1) is 15.1. The highest BCUT2D eigenvalue weighted by Gasteiger charge is 2.00. The highest BCUT2D eigenvalue weighted by molar-refractivity contribution is 5.11. The number of aryl methyl sites for hydroxylation is 1. The number of ether oxygens (including phenoxy) is 1. The Kier molecular flexibility index (Phi) is 7.62. The minimum absolute atomic E-state index is 0.802. The van der Waals surface area contributed by atoms with Gasteiger partial charge in [0.05, 0.1) is 0 Å². The molecule has 0 bridgehead atoms. The van der Waals surface area contributed by atoms with E-state index in [1.807, 2.05) is 6.92 Å². The molecule has 0 saturated carbocycles. The maximum atomic E-state index is 5.34. The van der Waals surface area contributed by atoms with Crippen LogP contribution in [0.2, 0.25) is 0 Å². The van der Waals surface area contributed by atoms with Gasteiger partial charge in [-0.1, -0.05) is 13.0 Å². The van der Waals surface area contributed by atoms with Crippen LogP contribution in [0, 0.1) is 0 Å². The predicted molar refractivity (Wildman–Crippen MR) is 75.9 cm³/mol. The molecule has 102 valence electrons. The van der Waals surface area contributed by atoms with Crippen molar-refractivity contribution in [3.8, 4) is 0 Å². The first-order valence-electron chi connectivity index (χ1n) is 6.97. The van der Waals surface area contributed by atoms with Crippen molar-refractivity contribution in [2.75, 3.05) is 33.4 Å². The van der Waals surface area contributed by atoms with E-state index in [0.29, 0.717) is 0 Å². The van der Waals surface area contributed by atoms with Gasteiger partial charge < -0.3 is 9.64 Å². The second kappa shape index (κ2) is 9.06. The monoisotopic (exact) mass is 250 g/mol. The normalized spacial score (nSPS) is 11.1. The standard InChI is InChI=1S/C15H26N2O/c1-4-17(3)12-11-15-9-6-8-14(16-15)10-7-13-18-5-2/h6,8-9H,4-5,7,10-13H2,1-3H3. The molecule has 1 aromatic heterocycles. The first-order chi connectivity index (χ1) is 8.76. The van der Waals surface area contributed by atoms with E-state index in [2.05, 4.69) is 37.1 Å². The van der Waals surface area contributed by atoms with Crippen molar-refractivity contribution >= 4 is 0 Å². The van der Waals surface area contributed by atoms with E-state index in [9.17, 15) is 0 Å². The molecule has 0 saturated heterocycles. The van der Waals surface area contributed by atoms with E-state index >= 15 is 0 Å². The summed E-state index contributed by atoms with van der Waals surface area (Å²) in [5.41, 5.74) is 2.38. The number of rotatable bonds is 9. The van der Waals surface area contributed by atoms with E-state index in [0.717, 1.165) is 45.6 Å². The van der Waals surface area contributed by atoms with Crippen molar-refractivity contribution in [2.45, 2.75) is 33.1 Å². The van der Waals surface area contributed by atoms with Crippen molar-refractivity contribution in [1.82, 2.24) is 9.88 Å². The second-order valence-electron chi connectivity index (χ2n) is 4.57. The summed E-state index contributed by atoms with van der Waals surface area (Å²) >= 11 is 0. The van der Waals surface area contributed by atoms with Crippen molar-refractivity contribution in [1.29, 1.82) is 0 Å². The average molecular weight is 250 g/mol. The highest BCUT2D eigenvalue weighted by atomic mass is 16.5. The van der Waals surface area contributed by atoms with Crippen molar-refractivity contribution in [2.24, 2.45) is 0 Å². The molecule has 0 spiro atoms. The molecule has 18 heavy (non-hydrogen) atoms. The number of likely N-dealkylation sites (N-methyl/N-ethyl adjacent to an activating group) is 1. The van der Waals surface area contributed by atoms with Gasteiger partial charge in [0, 0.05) is 37.6 Å². The lowest BCUT2D eigenvalue weighted by atomic mass is 10.2. The summed E-state index contributed by atoms with van der Waals surface area (Å²) in [5.74, 6) is 0. The number of pyridine rings is 1. The fourth-order valence-corrected chi connectivity index (χ4v) is 1.77. The van der Waals surface area contributed by atoms with Gasteiger partial charge in [-0.05, 0) is 45.5 Å². The Hall–Kier alpha value is -0.930. The van der Waals surface area contributed by atoms with E-state index in [4.69, 9.17) is 9.72 Å². The zero-order chi connectivity index (χ0) is 13.2. The topological polar surface area (TPSA) is 25.4 Å². The van der Waals surface area contributed by atoms with Gasteiger partial charge in [-0.3, -0.25) is 4.98 Å². The van der Waals surface area contributed by atoms with Crippen LogP contribution in [0.25, 0.3) is 0 Å². The molecule has 0 aliphatic carbocycles. The van der Waals surface area contributed by atoms with E-state index in [-0.39, 0.29) is 0 Å². The summed E-state index contributed by atoms with van der Waals surface area (Å²) in [5, 5.41) is 0. The van der Waals surface area contributed by atoms with Gasteiger partial charge in [-0.25, -0.2) is 0 Å². The molecule has 0 N–H and O–H groups in total. The molecule has 1 aromatic rings. The van der Waals surface area contributed by atoms with Crippen LogP contribution in [-0.4, -0.2) is 43.2 Å². The quantitative estimate of drug-likeness (QED) is 0.630. The lowest BCUT2D eigenvalue weighted by molar-refractivity contribution is 0.145. The number of aromatic nitrogens is 1. The maximum Gasteiger partial charge on any atom is 0.0469 e. The Morgan fingerprint density at radius 2 is 1.89 bits per heavy atom. The first-order valence-corrected chi connectivity index (χ1v) is 6.97. The number of hydrogen-bond acceptors (Lipinski definition) is 3. The molecule has 0 radical (unpaired) electrons. The molecule has 0 atom stereocenters. The molecule has 3 heteroatoms. The van der Waals surface area contributed by atoms with E-state index in [1.54, 1.807) is 0 Å². The minimum Gasteiger partial charge on any atom is -0.382 e. The van der Waals surface area contributed by atoms with Gasteiger partial charge in [0.1, 0.15) is 0 Å². The Labute approximate surface area is 111 Å². The number of nitrogens with zero attached hydrogens (tertiary/aromatic N) is 2. The van der Waals surface area contributed by atoms with Crippen LogP contribution in [0.5, 0.6) is 0 Å². The van der Waals surface area contributed by atoms with Crippen LogP contribution < -0.4 is 0 Å². The SMILES string of the molecule is CCOCCCc1cccc(CCN(C)CC)n1. The van der Waals surface area contributed by atoms with Crippen LogP contribution in [-0.2, 0) is 17.6 Å². The Bertz CT molecular complexity index is 328. The molecular formula is C15H26N2O. The fraction of sp³-hybridized carbons (Fsp3) is 0.667. The average Bonchev–Trinajstić information content (AvgIpc) is 2.41. The lowest BCUT2D eigenvalue weighted by Crippen LogP contribution is -2.20. The molecule has 0 aromatic carbocycles. The van der Waals surface area contributed by atoms with Gasteiger partial charge >= 0.3 is 0 Å². The third kappa shape index (κ3) is 6.12. The third-order valence-electron chi connectivity index (χ3n) is 3.08. The lowest BCUT2D eigenvalue weighted by Gasteiger charge is -2.13. The Balaban J connectivity index is 2.36. The van der Waals surface area contributed by atoms with Crippen LogP contribution in [0.4, 0.5) is 0 Å². The van der Waals surface area contributed by atoms with Gasteiger partial charge in [-0.2, -0.15) is 0 Å². The van der Waals surface area contributed by atoms with Crippen LogP contribution in [0.15, 0.2) is 18.2 Å². The van der Waals surface area contributed by atoms with E-state index in [1.165, 1.54) is 11.4 Å². The molecule has 1 rings (SSSR count). The fourth-order valence-electron chi connectivity index (χ4n) is 1.77. The van der Waals surface area contributed by atoms with Crippen LogP contribution >= 0.6 is 0 Å². The Morgan fingerprint density at radius 1 is 1.17 bits per heavy atom. The smallest absolute Gasteiger partial charge is 0.0469 e.